The average Bonchev–Trinajstić information content (AvgIpc) is 4.24. The molecule has 3 aromatic heterocycles. The summed E-state index contributed by atoms with van der Waals surface area (Å²) in [5.74, 6) is 0.478. The van der Waals surface area contributed by atoms with E-state index < -0.39 is 30.1 Å². The number of aliphatic imine (C=N–C) groups is 1. The third kappa shape index (κ3) is 12.5. The van der Waals surface area contributed by atoms with Crippen molar-refractivity contribution in [1.82, 2.24) is 40.2 Å². The highest BCUT2D eigenvalue weighted by Crippen LogP contribution is 2.40. The van der Waals surface area contributed by atoms with Crippen molar-refractivity contribution in [3.05, 3.63) is 133 Å². The first-order valence-electron chi connectivity index (χ1n) is 25.9. The van der Waals surface area contributed by atoms with Gasteiger partial charge in [0.1, 0.15) is 41.3 Å². The number of carbonyl (C=O) groups excluding carboxylic acids is 4. The Bertz CT molecular complexity index is 3140. The fourth-order valence-electron chi connectivity index (χ4n) is 10.0. The highest BCUT2D eigenvalue weighted by molar-refractivity contribution is 7.15. The number of thiazole rings is 1. The summed E-state index contributed by atoms with van der Waals surface area (Å²) in [5, 5.41) is 27.2. The van der Waals surface area contributed by atoms with Crippen LogP contribution in [0.5, 0.6) is 5.75 Å². The third-order valence-corrected chi connectivity index (χ3v) is 16.4. The lowest BCUT2D eigenvalue weighted by Crippen LogP contribution is -2.55. The van der Waals surface area contributed by atoms with Crippen molar-refractivity contribution in [3.8, 4) is 21.2 Å². The maximum Gasteiger partial charge on any atom is 0.255 e. The zero-order valence-corrected chi connectivity index (χ0v) is 46.4. The van der Waals surface area contributed by atoms with E-state index in [0.717, 1.165) is 54.9 Å². The minimum Gasteiger partial charge on any atom is -0.491 e. The average molecular weight is 1110 g/mol. The van der Waals surface area contributed by atoms with Gasteiger partial charge in [-0.15, -0.1) is 32.9 Å². The number of thiophene rings is 1. The molecule has 4 atom stereocenters. The van der Waals surface area contributed by atoms with Crippen molar-refractivity contribution in [2.24, 2.45) is 10.9 Å². The number of fused-ring (bicyclic) bond motifs is 4. The molecule has 77 heavy (non-hydrogen) atoms. The second-order valence-electron chi connectivity index (χ2n) is 19.6. The van der Waals surface area contributed by atoms with Crippen molar-refractivity contribution in [2.75, 3.05) is 59.3 Å². The summed E-state index contributed by atoms with van der Waals surface area (Å²) in [6.07, 6.45) is -0.739. The maximum absolute atomic E-state index is 14.3. The number of carbonyl (C=O) groups is 4. The highest BCUT2D eigenvalue weighted by Gasteiger charge is 2.46. The van der Waals surface area contributed by atoms with Crippen LogP contribution in [0.4, 0.5) is 0 Å². The van der Waals surface area contributed by atoms with Crippen molar-refractivity contribution >= 4 is 63.6 Å². The number of likely N-dealkylation sites (tertiary alicyclic amines) is 1. The monoisotopic (exact) mass is 1110 g/mol. The van der Waals surface area contributed by atoms with Crippen LogP contribution in [0.2, 0.25) is 5.02 Å². The molecule has 9 rings (SSSR count). The Morgan fingerprint density at radius 1 is 0.883 bits per heavy atom. The van der Waals surface area contributed by atoms with Gasteiger partial charge < -0.3 is 44.5 Å². The van der Waals surface area contributed by atoms with Crippen LogP contribution in [0.3, 0.4) is 0 Å². The lowest BCUT2D eigenvalue weighted by molar-refractivity contribution is -0.143. The molecule has 3 aliphatic heterocycles. The molecule has 0 aliphatic carbocycles. The molecule has 1 fully saturated rings. The first kappa shape index (κ1) is 55.4. The first-order valence-corrected chi connectivity index (χ1v) is 27.9. The quantitative estimate of drug-likeness (QED) is 0.0548. The number of aromatic nitrogens is 4. The molecule has 3 aliphatic rings. The molecule has 4 amide bonds. The van der Waals surface area contributed by atoms with E-state index in [1.54, 1.807) is 33.9 Å². The predicted octanol–water partition coefficient (Wildman–Crippen LogP) is 7.13. The van der Waals surface area contributed by atoms with Crippen LogP contribution in [0, 0.1) is 33.6 Å². The maximum atomic E-state index is 14.3. The number of amides is 4. The Morgan fingerprint density at radius 3 is 2.31 bits per heavy atom. The number of β-amino-alcohol motifs (C(OH)–C–C–N with tert-alkyl or cyclic N) is 1. The van der Waals surface area contributed by atoms with Gasteiger partial charge in [-0.2, -0.15) is 0 Å². The number of nitrogens with zero attached hydrogens (tertiary/aromatic N) is 7. The number of rotatable bonds is 23. The largest absolute Gasteiger partial charge is 0.491 e. The van der Waals surface area contributed by atoms with E-state index in [1.165, 1.54) is 21.1 Å². The summed E-state index contributed by atoms with van der Waals surface area (Å²) in [5.41, 5.74) is 9.55. The number of aliphatic hydroxyl groups excluding tert-OH is 1. The second kappa shape index (κ2) is 24.9. The zero-order chi connectivity index (χ0) is 54.3. The summed E-state index contributed by atoms with van der Waals surface area (Å²) < 4.78 is 25.6. The van der Waals surface area contributed by atoms with Crippen LogP contribution in [0.15, 0.2) is 77.2 Å². The molecule has 6 aromatic rings. The molecule has 0 spiro atoms. The number of hydrogen-bond acceptors (Lipinski definition) is 15. The summed E-state index contributed by atoms with van der Waals surface area (Å²) in [6.45, 7) is 14.6. The summed E-state index contributed by atoms with van der Waals surface area (Å²) in [6, 6.07) is 18.4. The van der Waals surface area contributed by atoms with Gasteiger partial charge in [0.05, 0.1) is 74.0 Å². The van der Waals surface area contributed by atoms with Crippen LogP contribution in [0.25, 0.3) is 15.4 Å². The smallest absolute Gasteiger partial charge is 0.255 e. The Hall–Kier alpha value is -6.39. The van der Waals surface area contributed by atoms with E-state index in [2.05, 4.69) is 39.7 Å². The van der Waals surface area contributed by atoms with Gasteiger partial charge in [0.25, 0.3) is 5.91 Å². The lowest BCUT2D eigenvalue weighted by Gasteiger charge is -2.35. The molecule has 3 aromatic carbocycles. The van der Waals surface area contributed by atoms with Crippen LogP contribution < -0.4 is 15.4 Å². The SMILES string of the molecule is Cc1ncsc1-c1ccc(CNC(=O)C2CC(O)CN2C(=O)[C@H](C(C)C)N2Cc3ccccc3C2=O)c(OCCOCCOCCOCCNC(=O)C[C@@H]2N=C(c3ccc(Cl)cc3)c3c(sc(C)c3C)-n3c(C)nnc32)c1. The second-order valence-corrected chi connectivity index (χ2v) is 22.1. The van der Waals surface area contributed by atoms with Gasteiger partial charge in [-0.1, -0.05) is 67.9 Å². The van der Waals surface area contributed by atoms with Crippen LogP contribution in [-0.4, -0.2) is 142 Å². The molecule has 406 valence electrons. The Balaban J connectivity index is 0.706. The topological polar surface area (TPSA) is 212 Å². The summed E-state index contributed by atoms with van der Waals surface area (Å²) in [4.78, 5) is 69.8. The molecule has 3 N–H and O–H groups in total. The molecule has 21 heteroatoms. The van der Waals surface area contributed by atoms with Crippen LogP contribution in [0.1, 0.15) is 93.1 Å². The van der Waals surface area contributed by atoms with Gasteiger partial charge in [0.2, 0.25) is 17.7 Å². The van der Waals surface area contributed by atoms with E-state index in [-0.39, 0.29) is 62.8 Å². The fraction of sp³-hybridized carbons (Fsp3) is 0.429. The lowest BCUT2D eigenvalue weighted by atomic mass is 9.99. The molecule has 2 unspecified atom stereocenters. The van der Waals surface area contributed by atoms with Gasteiger partial charge in [0, 0.05) is 64.8 Å². The van der Waals surface area contributed by atoms with Gasteiger partial charge in [-0.05, 0) is 74.6 Å². The standard InChI is InChI=1S/C56H64ClN9O9S2/c1-32(2)50(65-29-40-9-7-8-10-43(40)54(65)70)55(71)64-30-42(67)26-45(64)53(69)59-28-39-12-11-38(51-34(4)60-31-76-51)25-46(39)75-24-23-74-22-21-73-20-19-72-18-17-58-47(68)27-44-52-63-62-36(6)66(52)56-48(33(3)35(5)77-56)49(61-44)37-13-15-41(57)16-14-37/h7-16,25,31-32,42,44-45,50,67H,17-24,26-30H2,1-6H3,(H,58,68)(H,59,69)/t42?,44-,45?,50-/m0/s1. The highest BCUT2D eigenvalue weighted by atomic mass is 35.5. The fourth-order valence-corrected chi connectivity index (χ4v) is 12.1. The molecular formula is C56H64ClN9O9S2. The van der Waals surface area contributed by atoms with Gasteiger partial charge in [-0.3, -0.25) is 28.7 Å². The Labute approximate surface area is 460 Å². The van der Waals surface area contributed by atoms with Gasteiger partial charge in [0.15, 0.2) is 5.82 Å². The van der Waals surface area contributed by atoms with Crippen LogP contribution in [-0.2, 0) is 41.7 Å². The van der Waals surface area contributed by atoms with E-state index in [0.29, 0.717) is 73.8 Å². The molecule has 1 saturated heterocycles. The number of nitrogens with one attached hydrogen (secondary N) is 2. The molecule has 18 nitrogen and oxygen atoms in total. The van der Waals surface area contributed by atoms with E-state index in [1.807, 2.05) is 86.9 Å². The van der Waals surface area contributed by atoms with Crippen molar-refractivity contribution in [2.45, 2.75) is 91.7 Å². The predicted molar refractivity (Wildman–Crippen MR) is 294 cm³/mol. The van der Waals surface area contributed by atoms with Crippen LogP contribution >= 0.6 is 34.3 Å². The van der Waals surface area contributed by atoms with Gasteiger partial charge in [-0.25, -0.2) is 4.98 Å². The molecule has 0 bridgehead atoms. The van der Waals surface area contributed by atoms with Crippen molar-refractivity contribution in [3.63, 3.8) is 0 Å². The number of hydrogen-bond donors (Lipinski definition) is 3. The molecule has 0 radical (unpaired) electrons. The number of aliphatic hydroxyl groups is 1. The Kier molecular flexibility index (Phi) is 17.9. The minimum absolute atomic E-state index is 0.0105. The minimum atomic E-state index is -0.924. The number of halogens is 1. The van der Waals surface area contributed by atoms with E-state index in [9.17, 15) is 24.3 Å². The molecular weight excluding hydrogens is 1040 g/mol. The number of benzene rings is 3. The number of ether oxygens (including phenoxy) is 4. The Morgan fingerprint density at radius 2 is 1.60 bits per heavy atom. The first-order chi connectivity index (χ1) is 37.2. The van der Waals surface area contributed by atoms with E-state index in [4.69, 9.17) is 35.5 Å². The molecule has 6 heterocycles. The van der Waals surface area contributed by atoms with Crippen molar-refractivity contribution < 1.29 is 43.2 Å². The van der Waals surface area contributed by atoms with Gasteiger partial charge >= 0.3 is 0 Å². The normalized spacial score (nSPS) is 17.2. The third-order valence-electron chi connectivity index (χ3n) is 14.0. The number of aryl methyl sites for hydroxylation is 3. The summed E-state index contributed by atoms with van der Waals surface area (Å²) in [7, 11) is 0. The zero-order valence-electron chi connectivity index (χ0n) is 44.0. The summed E-state index contributed by atoms with van der Waals surface area (Å²) >= 11 is 9.43. The molecule has 0 saturated carbocycles. The van der Waals surface area contributed by atoms with Crippen molar-refractivity contribution in [1.29, 1.82) is 0 Å². The van der Waals surface area contributed by atoms with E-state index >= 15 is 0 Å².